The van der Waals surface area contributed by atoms with Crippen molar-refractivity contribution >= 4 is 40.6 Å². The van der Waals surface area contributed by atoms with Crippen molar-refractivity contribution in [2.45, 2.75) is 46.5 Å². The van der Waals surface area contributed by atoms with E-state index in [0.717, 1.165) is 56.6 Å². The summed E-state index contributed by atoms with van der Waals surface area (Å²) < 4.78 is 10.2. The summed E-state index contributed by atoms with van der Waals surface area (Å²) in [6, 6.07) is 7.65. The molecule has 0 radical (unpaired) electrons. The van der Waals surface area contributed by atoms with E-state index in [4.69, 9.17) is 9.47 Å². The first-order chi connectivity index (χ1) is 22.1. The van der Waals surface area contributed by atoms with Crippen LogP contribution < -0.4 is 4.90 Å². The van der Waals surface area contributed by atoms with Gasteiger partial charge in [0.05, 0.1) is 29.9 Å². The number of ether oxygens (including phenoxy) is 2. The molecule has 244 valence electrons. The van der Waals surface area contributed by atoms with Crippen LogP contribution >= 0.6 is 0 Å². The summed E-state index contributed by atoms with van der Waals surface area (Å²) in [6.07, 6.45) is 11.4. The third-order valence-electron chi connectivity index (χ3n) is 7.45. The summed E-state index contributed by atoms with van der Waals surface area (Å²) in [4.78, 5) is 57.0. The van der Waals surface area contributed by atoms with Crippen LogP contribution in [0.25, 0.3) is 5.57 Å². The highest BCUT2D eigenvalue weighted by molar-refractivity contribution is 6.41. The maximum absolute atomic E-state index is 13.5. The number of carbonyl (C=O) groups excluding carboxylic acids is 4. The number of hydrogen-bond donors (Lipinski definition) is 1. The summed E-state index contributed by atoms with van der Waals surface area (Å²) in [5, 5.41) is 11.1. The lowest BCUT2D eigenvalue weighted by Gasteiger charge is -2.29. The largest absolute Gasteiger partial charge is 0.506 e. The molecule has 0 saturated heterocycles. The van der Waals surface area contributed by atoms with E-state index in [1.165, 1.54) is 6.92 Å². The fraction of sp³-hybridized carbons (Fsp3) is 0.361. The van der Waals surface area contributed by atoms with E-state index in [2.05, 4.69) is 36.9 Å². The smallest absolute Gasteiger partial charge is 0.330 e. The van der Waals surface area contributed by atoms with Crippen LogP contribution in [-0.2, 0) is 28.7 Å². The molecule has 46 heavy (non-hydrogen) atoms. The SMILES string of the molecule is C=CC(=O)OCCN(CCOC(=O)C=C)C1=CC(=NC(C)=O)/C(=C2/C(=O)C(c3ccc(N(CCCC)CCCC)cc3)=C2O)C=C1. The van der Waals surface area contributed by atoms with Gasteiger partial charge in [-0.3, -0.25) is 9.59 Å². The first-order valence-electron chi connectivity index (χ1n) is 15.6. The number of unbranched alkanes of at least 4 members (excludes halogenated alkanes) is 2. The predicted molar refractivity (Wildman–Crippen MR) is 179 cm³/mol. The Hall–Kier alpha value is -4.99. The molecular weight excluding hydrogens is 586 g/mol. The predicted octanol–water partition coefficient (Wildman–Crippen LogP) is 5.44. The van der Waals surface area contributed by atoms with Gasteiger partial charge in [0.15, 0.2) is 0 Å². The molecular formula is C36H43N3O7. The van der Waals surface area contributed by atoms with E-state index >= 15 is 0 Å². The molecule has 0 spiro atoms. The van der Waals surface area contributed by atoms with Crippen LogP contribution in [0.4, 0.5) is 5.69 Å². The standard InChI is InChI=1S/C36H43N3O7/c1-6-10-18-38(19-11-7-2)27-14-12-26(13-15-27)33-35(43)34(36(33)44)29-17-16-28(24-30(29)37-25(5)40)39(20-22-45-31(41)8-3)21-23-46-32(42)9-4/h8-9,12-17,24,43H,3-4,6-7,10-11,18-23H2,1-2,5H3/b34-29+,37-30?. The molecule has 1 aromatic carbocycles. The molecule has 1 N–H and O–H groups in total. The zero-order valence-corrected chi connectivity index (χ0v) is 26.9. The van der Waals surface area contributed by atoms with E-state index in [9.17, 15) is 24.3 Å². The molecule has 0 aliphatic heterocycles. The molecule has 0 saturated carbocycles. The Kier molecular flexibility index (Phi) is 13.5. The van der Waals surface area contributed by atoms with Gasteiger partial charge in [0, 0.05) is 49.1 Å². The highest BCUT2D eigenvalue weighted by Gasteiger charge is 2.38. The number of allylic oxidation sites excluding steroid dienone is 6. The lowest BCUT2D eigenvalue weighted by Crippen LogP contribution is -2.32. The minimum Gasteiger partial charge on any atom is -0.506 e. The molecule has 3 rings (SSSR count). The number of aliphatic imine (C=N–C) groups is 1. The molecule has 2 aliphatic carbocycles. The lowest BCUT2D eigenvalue weighted by molar-refractivity contribution is -0.138. The van der Waals surface area contributed by atoms with Crippen molar-refractivity contribution in [3.05, 3.63) is 96.0 Å². The highest BCUT2D eigenvalue weighted by atomic mass is 16.5. The number of benzene rings is 1. The number of carbonyl (C=O) groups is 4. The van der Waals surface area contributed by atoms with Crippen molar-refractivity contribution in [2.24, 2.45) is 4.99 Å². The quantitative estimate of drug-likeness (QED) is 0.177. The Labute approximate surface area is 270 Å². The molecule has 0 unspecified atom stereocenters. The second-order valence-corrected chi connectivity index (χ2v) is 10.7. The second-order valence-electron chi connectivity index (χ2n) is 10.7. The van der Waals surface area contributed by atoms with E-state index in [-0.39, 0.29) is 54.7 Å². The Morgan fingerprint density at radius 3 is 1.89 bits per heavy atom. The maximum Gasteiger partial charge on any atom is 0.330 e. The first kappa shape index (κ1) is 35.5. The molecule has 0 heterocycles. The van der Waals surface area contributed by atoms with Gasteiger partial charge in [0.1, 0.15) is 19.0 Å². The van der Waals surface area contributed by atoms with Crippen molar-refractivity contribution in [3.63, 3.8) is 0 Å². The van der Waals surface area contributed by atoms with Crippen molar-refractivity contribution in [2.75, 3.05) is 44.3 Å². The first-order valence-corrected chi connectivity index (χ1v) is 15.6. The van der Waals surface area contributed by atoms with Crippen molar-refractivity contribution < 1.29 is 33.8 Å². The Balaban J connectivity index is 1.91. The zero-order chi connectivity index (χ0) is 33.6. The van der Waals surface area contributed by atoms with Gasteiger partial charge < -0.3 is 24.4 Å². The highest BCUT2D eigenvalue weighted by Crippen LogP contribution is 2.40. The molecule has 1 amide bonds. The monoisotopic (exact) mass is 629 g/mol. The number of ketones is 1. The number of nitrogens with zero attached hydrogens (tertiary/aromatic N) is 3. The summed E-state index contributed by atoms with van der Waals surface area (Å²) in [5.74, 6) is -2.18. The van der Waals surface area contributed by atoms with Crippen LogP contribution in [0.5, 0.6) is 0 Å². The van der Waals surface area contributed by atoms with E-state index in [1.807, 2.05) is 24.3 Å². The van der Waals surface area contributed by atoms with E-state index < -0.39 is 17.8 Å². The van der Waals surface area contributed by atoms with Gasteiger partial charge >= 0.3 is 11.9 Å². The number of anilines is 1. The van der Waals surface area contributed by atoms with Gasteiger partial charge in [0.2, 0.25) is 11.7 Å². The van der Waals surface area contributed by atoms with Gasteiger partial charge in [-0.05, 0) is 48.8 Å². The fourth-order valence-electron chi connectivity index (χ4n) is 5.02. The normalized spacial score (nSPS) is 16.5. The molecule has 0 bridgehead atoms. The molecule has 0 atom stereocenters. The van der Waals surface area contributed by atoms with Crippen molar-refractivity contribution in [3.8, 4) is 0 Å². The Morgan fingerprint density at radius 1 is 0.848 bits per heavy atom. The van der Waals surface area contributed by atoms with Gasteiger partial charge in [-0.1, -0.05) is 52.0 Å². The fourth-order valence-corrected chi connectivity index (χ4v) is 5.02. The average Bonchev–Trinajstić information content (AvgIpc) is 3.05. The number of hydrogen-bond acceptors (Lipinski definition) is 9. The number of Topliss-reactive ketones (excluding diaryl/α,β-unsaturated/α-hetero) is 1. The summed E-state index contributed by atoms with van der Waals surface area (Å²) >= 11 is 0. The van der Waals surface area contributed by atoms with Gasteiger partial charge in [-0.15, -0.1) is 0 Å². The summed E-state index contributed by atoms with van der Waals surface area (Å²) in [6.45, 7) is 14.8. The van der Waals surface area contributed by atoms with E-state index in [1.54, 1.807) is 23.1 Å². The minimum atomic E-state index is -0.585. The number of aliphatic hydroxyl groups excluding tert-OH is 1. The average molecular weight is 630 g/mol. The Morgan fingerprint density at radius 2 is 1.41 bits per heavy atom. The molecule has 1 aromatic rings. The topological polar surface area (TPSA) is 126 Å². The third kappa shape index (κ3) is 9.26. The van der Waals surface area contributed by atoms with Gasteiger partial charge in [0.25, 0.3) is 0 Å². The zero-order valence-electron chi connectivity index (χ0n) is 26.9. The van der Waals surface area contributed by atoms with Gasteiger partial charge in [-0.2, -0.15) is 0 Å². The van der Waals surface area contributed by atoms with Crippen LogP contribution in [0.3, 0.4) is 0 Å². The summed E-state index contributed by atoms with van der Waals surface area (Å²) in [5.41, 5.74) is 3.03. The van der Waals surface area contributed by atoms with Crippen LogP contribution in [0.1, 0.15) is 52.0 Å². The van der Waals surface area contributed by atoms with E-state index in [0.29, 0.717) is 16.8 Å². The Bertz CT molecular complexity index is 1460. The minimum absolute atomic E-state index is 0.0116. The molecule has 2 aliphatic rings. The van der Waals surface area contributed by atoms with Crippen LogP contribution in [-0.4, -0.2) is 78.7 Å². The third-order valence-corrected chi connectivity index (χ3v) is 7.45. The van der Waals surface area contributed by atoms with Crippen molar-refractivity contribution in [1.82, 2.24) is 4.90 Å². The van der Waals surface area contributed by atoms with Crippen LogP contribution in [0, 0.1) is 0 Å². The summed E-state index contributed by atoms with van der Waals surface area (Å²) in [7, 11) is 0. The van der Waals surface area contributed by atoms with Crippen molar-refractivity contribution in [1.29, 1.82) is 0 Å². The van der Waals surface area contributed by atoms with Gasteiger partial charge in [-0.25, -0.2) is 14.6 Å². The lowest BCUT2D eigenvalue weighted by atomic mass is 9.79. The number of aliphatic hydroxyl groups is 1. The number of rotatable bonds is 17. The van der Waals surface area contributed by atoms with Crippen LogP contribution in [0.15, 0.2) is 95.4 Å². The number of amides is 1. The molecule has 10 nitrogen and oxygen atoms in total. The molecule has 0 aromatic heterocycles. The molecule has 0 fully saturated rings. The molecule has 10 heteroatoms. The second kappa shape index (κ2) is 17.5. The van der Waals surface area contributed by atoms with Crippen LogP contribution in [0.2, 0.25) is 0 Å². The number of esters is 2. The maximum atomic E-state index is 13.5.